The smallest absolute Gasteiger partial charge is 0.163 e. The molecule has 0 aliphatic rings. The fraction of sp³-hybridized carbons (Fsp3) is 0.235. The zero-order valence-corrected chi connectivity index (χ0v) is 11.3. The number of hydrogen-bond donors (Lipinski definition) is 0. The molecule has 2 heteroatoms. The monoisotopic (exact) mass is 254 g/mol. The Labute approximate surface area is 114 Å². The van der Waals surface area contributed by atoms with Crippen molar-refractivity contribution in [2.24, 2.45) is 5.92 Å². The standard InChI is InChI=1S/C17H18O2/c1-13(2)12-17(18)14-8-10-16(11-9-14)19-15-6-4-3-5-7-15/h3-11,13H,12H2,1-2H3. The lowest BCUT2D eigenvalue weighted by atomic mass is 10.0. The maximum atomic E-state index is 11.9. The molecule has 0 atom stereocenters. The number of rotatable bonds is 5. The van der Waals surface area contributed by atoms with E-state index in [1.807, 2.05) is 68.4 Å². The van der Waals surface area contributed by atoms with E-state index in [1.54, 1.807) is 0 Å². The molecule has 2 nitrogen and oxygen atoms in total. The summed E-state index contributed by atoms with van der Waals surface area (Å²) < 4.78 is 5.68. The highest BCUT2D eigenvalue weighted by Gasteiger charge is 2.08. The van der Waals surface area contributed by atoms with Crippen LogP contribution in [0.1, 0.15) is 30.6 Å². The van der Waals surface area contributed by atoms with Crippen LogP contribution in [0.15, 0.2) is 54.6 Å². The van der Waals surface area contributed by atoms with Crippen LogP contribution < -0.4 is 4.74 Å². The van der Waals surface area contributed by atoms with Crippen molar-refractivity contribution in [2.45, 2.75) is 20.3 Å². The molecule has 0 unspecified atom stereocenters. The van der Waals surface area contributed by atoms with Crippen LogP contribution in [0.4, 0.5) is 0 Å². The average Bonchev–Trinajstić information content (AvgIpc) is 2.40. The third-order valence-corrected chi connectivity index (χ3v) is 2.75. The van der Waals surface area contributed by atoms with Gasteiger partial charge in [0.1, 0.15) is 11.5 Å². The fourth-order valence-corrected chi connectivity index (χ4v) is 1.82. The molecule has 2 aromatic carbocycles. The maximum absolute atomic E-state index is 11.9. The van der Waals surface area contributed by atoms with Crippen molar-refractivity contribution in [3.8, 4) is 11.5 Å². The number of Topliss-reactive ketones (excluding diaryl/α,β-unsaturated/α-hetero) is 1. The normalized spacial score (nSPS) is 10.5. The van der Waals surface area contributed by atoms with Gasteiger partial charge in [-0.05, 0) is 42.3 Å². The summed E-state index contributed by atoms with van der Waals surface area (Å²) in [6, 6.07) is 16.9. The fourth-order valence-electron chi connectivity index (χ4n) is 1.82. The molecule has 0 aliphatic heterocycles. The Morgan fingerprint density at radius 2 is 1.53 bits per heavy atom. The predicted octanol–water partition coefficient (Wildman–Crippen LogP) is 4.71. The Morgan fingerprint density at radius 1 is 0.947 bits per heavy atom. The number of hydrogen-bond acceptors (Lipinski definition) is 2. The minimum atomic E-state index is 0.182. The number of ether oxygens (including phenoxy) is 1. The van der Waals surface area contributed by atoms with E-state index in [9.17, 15) is 4.79 Å². The van der Waals surface area contributed by atoms with E-state index in [2.05, 4.69) is 0 Å². The molecule has 98 valence electrons. The van der Waals surface area contributed by atoms with Gasteiger partial charge in [-0.3, -0.25) is 4.79 Å². The molecule has 0 N–H and O–H groups in total. The summed E-state index contributed by atoms with van der Waals surface area (Å²) in [5, 5.41) is 0. The van der Waals surface area contributed by atoms with Crippen molar-refractivity contribution >= 4 is 5.78 Å². The van der Waals surface area contributed by atoms with Crippen LogP contribution >= 0.6 is 0 Å². The van der Waals surface area contributed by atoms with E-state index in [0.717, 1.165) is 17.1 Å². The van der Waals surface area contributed by atoms with E-state index in [1.165, 1.54) is 0 Å². The molecule has 0 heterocycles. The Bertz CT molecular complexity index is 527. The van der Waals surface area contributed by atoms with Gasteiger partial charge in [-0.15, -0.1) is 0 Å². The summed E-state index contributed by atoms with van der Waals surface area (Å²) in [6.45, 7) is 4.09. The summed E-state index contributed by atoms with van der Waals surface area (Å²) in [5.74, 6) is 2.10. The lowest BCUT2D eigenvalue weighted by Gasteiger charge is -2.07. The third-order valence-electron chi connectivity index (χ3n) is 2.75. The number of benzene rings is 2. The van der Waals surface area contributed by atoms with Crippen LogP contribution in [0, 0.1) is 5.92 Å². The van der Waals surface area contributed by atoms with Gasteiger partial charge in [-0.1, -0.05) is 32.0 Å². The molecular formula is C17H18O2. The molecule has 0 aliphatic carbocycles. The van der Waals surface area contributed by atoms with Crippen LogP contribution in [-0.4, -0.2) is 5.78 Å². The second-order valence-corrected chi connectivity index (χ2v) is 4.96. The predicted molar refractivity (Wildman–Crippen MR) is 76.7 cm³/mol. The van der Waals surface area contributed by atoms with Gasteiger partial charge in [0.2, 0.25) is 0 Å². The maximum Gasteiger partial charge on any atom is 0.163 e. The van der Waals surface area contributed by atoms with E-state index >= 15 is 0 Å². The molecule has 2 rings (SSSR count). The molecule has 0 fully saturated rings. The van der Waals surface area contributed by atoms with Crippen LogP contribution in [0.5, 0.6) is 11.5 Å². The van der Waals surface area contributed by atoms with Crippen molar-refractivity contribution in [2.75, 3.05) is 0 Å². The minimum Gasteiger partial charge on any atom is -0.457 e. The summed E-state index contributed by atoms with van der Waals surface area (Å²) in [4.78, 5) is 11.9. The van der Waals surface area contributed by atoms with Crippen molar-refractivity contribution in [1.29, 1.82) is 0 Å². The van der Waals surface area contributed by atoms with Crippen LogP contribution in [-0.2, 0) is 0 Å². The molecular weight excluding hydrogens is 236 g/mol. The van der Waals surface area contributed by atoms with E-state index in [-0.39, 0.29) is 5.78 Å². The lowest BCUT2D eigenvalue weighted by Crippen LogP contribution is -2.03. The van der Waals surface area contributed by atoms with Crippen molar-refractivity contribution in [1.82, 2.24) is 0 Å². The first-order valence-electron chi connectivity index (χ1n) is 6.51. The molecule has 0 spiro atoms. The summed E-state index contributed by atoms with van der Waals surface area (Å²) in [6.07, 6.45) is 0.582. The zero-order valence-electron chi connectivity index (χ0n) is 11.3. The molecule has 2 aromatic rings. The number of carbonyl (C=O) groups excluding carboxylic acids is 1. The minimum absolute atomic E-state index is 0.182. The Hall–Kier alpha value is -2.09. The number of para-hydroxylation sites is 1. The first-order chi connectivity index (χ1) is 9.15. The number of carbonyl (C=O) groups is 1. The third kappa shape index (κ3) is 3.95. The molecule has 0 amide bonds. The van der Waals surface area contributed by atoms with Gasteiger partial charge in [0.25, 0.3) is 0 Å². The highest BCUT2D eigenvalue weighted by molar-refractivity contribution is 5.96. The quantitative estimate of drug-likeness (QED) is 0.722. The second-order valence-electron chi connectivity index (χ2n) is 4.96. The van der Waals surface area contributed by atoms with Gasteiger partial charge in [-0.25, -0.2) is 0 Å². The van der Waals surface area contributed by atoms with Crippen LogP contribution in [0.3, 0.4) is 0 Å². The zero-order chi connectivity index (χ0) is 13.7. The van der Waals surface area contributed by atoms with Gasteiger partial charge in [0, 0.05) is 12.0 Å². The van der Waals surface area contributed by atoms with Crippen molar-refractivity contribution in [3.63, 3.8) is 0 Å². The highest BCUT2D eigenvalue weighted by atomic mass is 16.5. The van der Waals surface area contributed by atoms with Crippen molar-refractivity contribution in [3.05, 3.63) is 60.2 Å². The van der Waals surface area contributed by atoms with Gasteiger partial charge in [0.05, 0.1) is 0 Å². The number of ketones is 1. The van der Waals surface area contributed by atoms with E-state index in [4.69, 9.17) is 4.74 Å². The summed E-state index contributed by atoms with van der Waals surface area (Å²) in [7, 11) is 0. The lowest BCUT2D eigenvalue weighted by molar-refractivity contribution is 0.0968. The summed E-state index contributed by atoms with van der Waals surface area (Å²) >= 11 is 0. The van der Waals surface area contributed by atoms with Gasteiger partial charge in [-0.2, -0.15) is 0 Å². The molecule has 19 heavy (non-hydrogen) atoms. The first-order valence-corrected chi connectivity index (χ1v) is 6.51. The Kier molecular flexibility index (Phi) is 4.35. The second kappa shape index (κ2) is 6.19. The van der Waals surface area contributed by atoms with E-state index < -0.39 is 0 Å². The Morgan fingerprint density at radius 3 is 2.11 bits per heavy atom. The van der Waals surface area contributed by atoms with Gasteiger partial charge >= 0.3 is 0 Å². The Balaban J connectivity index is 2.04. The largest absolute Gasteiger partial charge is 0.457 e. The summed E-state index contributed by atoms with van der Waals surface area (Å²) in [5.41, 5.74) is 0.745. The topological polar surface area (TPSA) is 26.3 Å². The molecule has 0 saturated carbocycles. The van der Waals surface area contributed by atoms with Gasteiger partial charge < -0.3 is 4.74 Å². The van der Waals surface area contributed by atoms with Gasteiger partial charge in [0.15, 0.2) is 5.78 Å². The highest BCUT2D eigenvalue weighted by Crippen LogP contribution is 2.21. The van der Waals surface area contributed by atoms with Crippen LogP contribution in [0.2, 0.25) is 0 Å². The SMILES string of the molecule is CC(C)CC(=O)c1ccc(Oc2ccccc2)cc1. The first kappa shape index (κ1) is 13.3. The van der Waals surface area contributed by atoms with Crippen LogP contribution in [0.25, 0.3) is 0 Å². The van der Waals surface area contributed by atoms with Crippen molar-refractivity contribution < 1.29 is 9.53 Å². The molecule has 0 aromatic heterocycles. The average molecular weight is 254 g/mol. The van der Waals surface area contributed by atoms with E-state index in [0.29, 0.717) is 12.3 Å². The molecule has 0 saturated heterocycles. The molecule has 0 radical (unpaired) electrons. The molecule has 0 bridgehead atoms.